The van der Waals surface area contributed by atoms with Gasteiger partial charge in [0.05, 0.1) is 12.7 Å². The Morgan fingerprint density at radius 1 is 1.22 bits per heavy atom. The zero-order valence-electron chi connectivity index (χ0n) is 10.3. The van der Waals surface area contributed by atoms with Crippen LogP contribution in [-0.4, -0.2) is 23.3 Å². The predicted octanol–water partition coefficient (Wildman–Crippen LogP) is 1.35. The highest BCUT2D eigenvalue weighted by atomic mass is 19.1. The minimum absolute atomic E-state index is 0.161. The lowest BCUT2D eigenvalue weighted by Gasteiger charge is -2.22. The van der Waals surface area contributed by atoms with E-state index in [0.29, 0.717) is 5.56 Å². The van der Waals surface area contributed by atoms with Crippen LogP contribution in [0, 0.1) is 5.82 Å². The van der Waals surface area contributed by atoms with Crippen molar-refractivity contribution in [2.75, 3.05) is 0 Å². The van der Waals surface area contributed by atoms with Gasteiger partial charge in [-0.25, -0.2) is 4.39 Å². The van der Waals surface area contributed by atoms with Crippen LogP contribution >= 0.6 is 0 Å². The average Bonchev–Trinajstić information content (AvgIpc) is 2.38. The fourth-order valence-electron chi connectivity index (χ4n) is 2.28. The molecular weight excluding hydrogens is 234 g/mol. The molecule has 1 aliphatic carbocycles. The second-order valence-electron chi connectivity index (χ2n) is 4.80. The summed E-state index contributed by atoms with van der Waals surface area (Å²) < 4.78 is 19.3. The predicted molar refractivity (Wildman–Crippen MR) is 67.9 cm³/mol. The Morgan fingerprint density at radius 3 is 2.56 bits per heavy atom. The van der Waals surface area contributed by atoms with E-state index in [1.807, 2.05) is 0 Å². The molecule has 0 amide bonds. The van der Waals surface area contributed by atoms with Crippen molar-refractivity contribution in [3.8, 4) is 0 Å². The van der Waals surface area contributed by atoms with E-state index in [9.17, 15) is 4.39 Å². The maximum Gasteiger partial charge on any atom is 0.488 e. The third kappa shape index (κ3) is 3.54. The lowest BCUT2D eigenvalue weighted by molar-refractivity contribution is 0.0156. The molecule has 0 saturated heterocycles. The van der Waals surface area contributed by atoms with Crippen LogP contribution in [0.15, 0.2) is 18.2 Å². The minimum Gasteiger partial charge on any atom is -0.423 e. The summed E-state index contributed by atoms with van der Waals surface area (Å²) >= 11 is 0. The van der Waals surface area contributed by atoms with Gasteiger partial charge in [0.2, 0.25) is 0 Å². The number of rotatable bonds is 4. The first-order chi connectivity index (χ1) is 8.66. The smallest absolute Gasteiger partial charge is 0.423 e. The molecule has 1 fully saturated rings. The zero-order chi connectivity index (χ0) is 13.0. The second-order valence-corrected chi connectivity index (χ2v) is 4.80. The van der Waals surface area contributed by atoms with Crippen LogP contribution in [0.5, 0.6) is 0 Å². The molecule has 2 rings (SSSR count). The average molecular weight is 252 g/mol. The minimum atomic E-state index is -1.63. The van der Waals surface area contributed by atoms with Crippen molar-refractivity contribution in [3.05, 3.63) is 29.6 Å². The standard InChI is InChI=1S/C13H18BFO3/c15-13-8-11(14(16)17)7-6-10(13)9-18-12-4-2-1-3-5-12/h6-8,12,16-17H,1-5,9H2. The molecule has 2 N–H and O–H groups in total. The SMILES string of the molecule is OB(O)c1ccc(COC2CCCCC2)c(F)c1. The Morgan fingerprint density at radius 2 is 1.94 bits per heavy atom. The van der Waals surface area contributed by atoms with Gasteiger partial charge >= 0.3 is 7.12 Å². The number of benzene rings is 1. The van der Waals surface area contributed by atoms with Crippen molar-refractivity contribution in [1.29, 1.82) is 0 Å². The summed E-state index contributed by atoms with van der Waals surface area (Å²) in [5.41, 5.74) is 0.624. The highest BCUT2D eigenvalue weighted by Crippen LogP contribution is 2.21. The van der Waals surface area contributed by atoms with Crippen LogP contribution in [-0.2, 0) is 11.3 Å². The van der Waals surface area contributed by atoms with Gasteiger partial charge in [-0.1, -0.05) is 31.4 Å². The lowest BCUT2D eigenvalue weighted by atomic mass is 9.80. The summed E-state index contributed by atoms with van der Waals surface area (Å²) in [4.78, 5) is 0. The maximum atomic E-state index is 13.7. The Bertz CT molecular complexity index is 392. The van der Waals surface area contributed by atoms with Crippen LogP contribution in [0.4, 0.5) is 4.39 Å². The largest absolute Gasteiger partial charge is 0.488 e. The van der Waals surface area contributed by atoms with E-state index in [2.05, 4.69) is 0 Å². The normalized spacial score (nSPS) is 16.8. The van der Waals surface area contributed by atoms with Crippen LogP contribution in [0.3, 0.4) is 0 Å². The number of hydrogen-bond donors (Lipinski definition) is 2. The van der Waals surface area contributed by atoms with E-state index in [-0.39, 0.29) is 18.2 Å². The third-order valence-electron chi connectivity index (χ3n) is 3.40. The van der Waals surface area contributed by atoms with Crippen molar-refractivity contribution in [2.24, 2.45) is 0 Å². The summed E-state index contributed by atoms with van der Waals surface area (Å²) in [6, 6.07) is 4.20. The lowest BCUT2D eigenvalue weighted by Crippen LogP contribution is -2.30. The zero-order valence-corrected chi connectivity index (χ0v) is 10.3. The number of ether oxygens (including phenoxy) is 1. The monoisotopic (exact) mass is 252 g/mol. The van der Waals surface area contributed by atoms with Crippen molar-refractivity contribution < 1.29 is 19.2 Å². The molecule has 1 saturated carbocycles. The highest BCUT2D eigenvalue weighted by molar-refractivity contribution is 6.58. The third-order valence-corrected chi connectivity index (χ3v) is 3.40. The van der Waals surface area contributed by atoms with Crippen molar-refractivity contribution in [3.63, 3.8) is 0 Å². The number of halogens is 1. The first-order valence-electron chi connectivity index (χ1n) is 6.43. The van der Waals surface area contributed by atoms with Gasteiger partial charge in [-0.15, -0.1) is 0 Å². The quantitative estimate of drug-likeness (QED) is 0.795. The van der Waals surface area contributed by atoms with Gasteiger partial charge in [0.1, 0.15) is 5.82 Å². The summed E-state index contributed by atoms with van der Waals surface area (Å²) in [6.45, 7) is 0.248. The van der Waals surface area contributed by atoms with Gasteiger partial charge in [-0.2, -0.15) is 0 Å². The Hall–Kier alpha value is -0.905. The van der Waals surface area contributed by atoms with Gasteiger partial charge < -0.3 is 14.8 Å². The van der Waals surface area contributed by atoms with E-state index in [1.54, 1.807) is 6.07 Å². The topological polar surface area (TPSA) is 49.7 Å². The molecule has 0 aromatic heterocycles. The van der Waals surface area contributed by atoms with E-state index in [1.165, 1.54) is 25.3 Å². The molecule has 18 heavy (non-hydrogen) atoms. The molecule has 0 radical (unpaired) electrons. The van der Waals surface area contributed by atoms with E-state index >= 15 is 0 Å². The van der Waals surface area contributed by atoms with E-state index < -0.39 is 12.9 Å². The molecule has 1 aromatic carbocycles. The molecule has 98 valence electrons. The molecule has 0 aliphatic heterocycles. The van der Waals surface area contributed by atoms with E-state index in [4.69, 9.17) is 14.8 Å². The van der Waals surface area contributed by atoms with Crippen molar-refractivity contribution >= 4 is 12.6 Å². The van der Waals surface area contributed by atoms with Gasteiger partial charge in [0, 0.05) is 5.56 Å². The van der Waals surface area contributed by atoms with Gasteiger partial charge in [0.25, 0.3) is 0 Å². The molecule has 3 nitrogen and oxygen atoms in total. The first kappa shape index (κ1) is 13.5. The molecular formula is C13H18BFO3. The molecule has 5 heteroatoms. The molecule has 1 aliphatic rings. The molecule has 0 atom stereocenters. The molecule has 0 unspecified atom stereocenters. The molecule has 0 spiro atoms. The van der Waals surface area contributed by atoms with Crippen LogP contribution in [0.1, 0.15) is 37.7 Å². The Labute approximate surface area is 107 Å². The molecule has 0 heterocycles. The fraction of sp³-hybridized carbons (Fsp3) is 0.538. The first-order valence-corrected chi connectivity index (χ1v) is 6.43. The van der Waals surface area contributed by atoms with Gasteiger partial charge in [-0.05, 0) is 24.4 Å². The fourth-order valence-corrected chi connectivity index (χ4v) is 2.28. The van der Waals surface area contributed by atoms with Gasteiger partial charge in [0.15, 0.2) is 0 Å². The second kappa shape index (κ2) is 6.32. The summed E-state index contributed by atoms with van der Waals surface area (Å²) in [7, 11) is -1.63. The van der Waals surface area contributed by atoms with Crippen molar-refractivity contribution in [2.45, 2.75) is 44.8 Å². The summed E-state index contributed by atoms with van der Waals surface area (Å²) in [5, 5.41) is 17.9. The Balaban J connectivity index is 1.92. The Kier molecular flexibility index (Phi) is 4.75. The summed E-state index contributed by atoms with van der Waals surface area (Å²) in [5.74, 6) is -0.448. The molecule has 0 bridgehead atoms. The highest BCUT2D eigenvalue weighted by Gasteiger charge is 2.16. The van der Waals surface area contributed by atoms with Crippen LogP contribution < -0.4 is 5.46 Å². The van der Waals surface area contributed by atoms with Crippen LogP contribution in [0.2, 0.25) is 0 Å². The van der Waals surface area contributed by atoms with E-state index in [0.717, 1.165) is 18.9 Å². The summed E-state index contributed by atoms with van der Waals surface area (Å²) in [6.07, 6.45) is 5.97. The molecule has 1 aromatic rings. The van der Waals surface area contributed by atoms with Crippen molar-refractivity contribution in [1.82, 2.24) is 0 Å². The van der Waals surface area contributed by atoms with Crippen LogP contribution in [0.25, 0.3) is 0 Å². The maximum absolute atomic E-state index is 13.7. The van der Waals surface area contributed by atoms with Gasteiger partial charge in [-0.3, -0.25) is 0 Å². The number of hydrogen-bond acceptors (Lipinski definition) is 3.